The van der Waals surface area contributed by atoms with Crippen molar-refractivity contribution < 1.29 is 14.6 Å². The van der Waals surface area contributed by atoms with E-state index in [1.54, 1.807) is 13.3 Å². The predicted molar refractivity (Wildman–Crippen MR) is 87.8 cm³/mol. The van der Waals surface area contributed by atoms with E-state index in [0.717, 1.165) is 38.0 Å². The summed E-state index contributed by atoms with van der Waals surface area (Å²) in [6.07, 6.45) is 4.53. The molecule has 0 saturated carbocycles. The van der Waals surface area contributed by atoms with Gasteiger partial charge in [0, 0.05) is 31.9 Å². The molecular weight excluding hydrogens is 294 g/mol. The molecule has 0 radical (unpaired) electrons. The number of aliphatic hydroxyl groups is 1. The van der Waals surface area contributed by atoms with Gasteiger partial charge in [-0.25, -0.2) is 0 Å². The van der Waals surface area contributed by atoms with Gasteiger partial charge in [-0.05, 0) is 37.9 Å². The number of ether oxygens (including phenoxy) is 1. The van der Waals surface area contributed by atoms with Gasteiger partial charge < -0.3 is 15.2 Å². The van der Waals surface area contributed by atoms with Crippen LogP contribution in [0.4, 0.5) is 0 Å². The maximum absolute atomic E-state index is 12.1. The average molecular weight is 321 g/mol. The molecule has 2 rings (SSSR count). The highest BCUT2D eigenvalue weighted by molar-refractivity contribution is 5.77. The number of pyridine rings is 1. The van der Waals surface area contributed by atoms with Crippen LogP contribution in [0.2, 0.25) is 0 Å². The summed E-state index contributed by atoms with van der Waals surface area (Å²) >= 11 is 0. The normalized spacial score (nSPS) is 22.0. The number of piperidine rings is 1. The fourth-order valence-electron chi connectivity index (χ4n) is 3.13. The Kier molecular flexibility index (Phi) is 6.95. The van der Waals surface area contributed by atoms with Crippen LogP contribution in [-0.2, 0) is 16.1 Å². The number of likely N-dealkylation sites (tertiary alicyclic amines) is 1. The lowest BCUT2D eigenvalue weighted by atomic mass is 9.78. The van der Waals surface area contributed by atoms with Gasteiger partial charge in [-0.2, -0.15) is 0 Å². The molecule has 1 aliphatic heterocycles. The van der Waals surface area contributed by atoms with Crippen molar-refractivity contribution in [2.45, 2.75) is 25.8 Å². The summed E-state index contributed by atoms with van der Waals surface area (Å²) in [7, 11) is 1.68. The molecule has 0 aromatic carbocycles. The Morgan fingerprint density at radius 2 is 2.39 bits per heavy atom. The van der Waals surface area contributed by atoms with Gasteiger partial charge in [0.15, 0.2) is 0 Å². The van der Waals surface area contributed by atoms with Crippen molar-refractivity contribution >= 4 is 5.91 Å². The highest BCUT2D eigenvalue weighted by Crippen LogP contribution is 2.32. The average Bonchev–Trinajstić information content (AvgIpc) is 2.59. The molecule has 1 aliphatic rings. The molecule has 1 aromatic heterocycles. The van der Waals surface area contributed by atoms with E-state index in [4.69, 9.17) is 4.74 Å². The lowest BCUT2D eigenvalue weighted by Gasteiger charge is -2.41. The van der Waals surface area contributed by atoms with E-state index in [-0.39, 0.29) is 17.9 Å². The number of hydrogen-bond acceptors (Lipinski definition) is 5. The molecule has 1 atom stereocenters. The van der Waals surface area contributed by atoms with Gasteiger partial charge in [-0.1, -0.05) is 6.07 Å². The van der Waals surface area contributed by atoms with Crippen LogP contribution in [-0.4, -0.2) is 60.9 Å². The Hall–Kier alpha value is -1.50. The van der Waals surface area contributed by atoms with Crippen molar-refractivity contribution in [1.29, 1.82) is 0 Å². The standard InChI is InChI=1S/C17H27N3O3/c1-23-10-7-17(14-21)6-4-9-20(13-17)12-16(22)19-11-15-5-2-3-8-18-15/h2-3,5,8,21H,4,6-7,9-14H2,1H3,(H,19,22). The van der Waals surface area contributed by atoms with Gasteiger partial charge in [0.25, 0.3) is 0 Å². The molecule has 2 heterocycles. The van der Waals surface area contributed by atoms with Crippen molar-refractivity contribution in [1.82, 2.24) is 15.2 Å². The van der Waals surface area contributed by atoms with Gasteiger partial charge in [0.05, 0.1) is 25.4 Å². The number of nitrogens with one attached hydrogen (secondary N) is 1. The van der Waals surface area contributed by atoms with E-state index in [0.29, 0.717) is 19.7 Å². The monoisotopic (exact) mass is 321 g/mol. The van der Waals surface area contributed by atoms with E-state index < -0.39 is 0 Å². The second-order valence-electron chi connectivity index (χ2n) is 6.31. The highest BCUT2D eigenvalue weighted by Gasteiger charge is 2.35. The molecular formula is C17H27N3O3. The van der Waals surface area contributed by atoms with Gasteiger partial charge >= 0.3 is 0 Å². The highest BCUT2D eigenvalue weighted by atomic mass is 16.5. The minimum atomic E-state index is -0.143. The number of hydrogen-bond donors (Lipinski definition) is 2. The van der Waals surface area contributed by atoms with Gasteiger partial charge in [0.1, 0.15) is 0 Å². The quantitative estimate of drug-likeness (QED) is 0.741. The molecule has 6 nitrogen and oxygen atoms in total. The van der Waals surface area contributed by atoms with Crippen molar-refractivity contribution in [3.05, 3.63) is 30.1 Å². The zero-order valence-electron chi connectivity index (χ0n) is 13.8. The number of carbonyl (C=O) groups excluding carboxylic acids is 1. The smallest absolute Gasteiger partial charge is 0.234 e. The van der Waals surface area contributed by atoms with Crippen molar-refractivity contribution in [3.63, 3.8) is 0 Å². The fourth-order valence-corrected chi connectivity index (χ4v) is 3.13. The molecule has 2 N–H and O–H groups in total. The van der Waals surface area contributed by atoms with E-state index in [1.807, 2.05) is 18.2 Å². The summed E-state index contributed by atoms with van der Waals surface area (Å²) in [5.74, 6) is -0.00358. The predicted octanol–water partition coefficient (Wildman–Crippen LogP) is 0.809. The fraction of sp³-hybridized carbons (Fsp3) is 0.647. The largest absolute Gasteiger partial charge is 0.396 e. The second kappa shape index (κ2) is 8.96. The molecule has 0 aliphatic carbocycles. The minimum absolute atomic E-state index is 0.00358. The number of nitrogens with zero attached hydrogens (tertiary/aromatic N) is 2. The third-order valence-electron chi connectivity index (χ3n) is 4.47. The van der Waals surface area contributed by atoms with E-state index in [2.05, 4.69) is 15.2 Å². The number of aromatic nitrogens is 1. The topological polar surface area (TPSA) is 74.7 Å². The first kappa shape index (κ1) is 17.8. The zero-order valence-corrected chi connectivity index (χ0v) is 13.8. The first-order valence-corrected chi connectivity index (χ1v) is 8.16. The number of methoxy groups -OCH3 is 1. The Balaban J connectivity index is 1.80. The molecule has 0 bridgehead atoms. The first-order chi connectivity index (χ1) is 11.2. The van der Waals surface area contributed by atoms with Gasteiger partial charge in [0.2, 0.25) is 5.91 Å². The van der Waals surface area contributed by atoms with Crippen LogP contribution in [0.25, 0.3) is 0 Å². The number of carbonyl (C=O) groups is 1. The first-order valence-electron chi connectivity index (χ1n) is 8.16. The summed E-state index contributed by atoms with van der Waals surface area (Å²) in [6, 6.07) is 5.65. The Bertz CT molecular complexity index is 483. The summed E-state index contributed by atoms with van der Waals surface area (Å²) in [6.45, 7) is 3.22. The molecule has 6 heteroatoms. The van der Waals surface area contributed by atoms with Crippen LogP contribution in [0.5, 0.6) is 0 Å². The maximum atomic E-state index is 12.1. The van der Waals surface area contributed by atoms with Crippen molar-refractivity contribution in [3.8, 4) is 0 Å². The number of aliphatic hydroxyl groups excluding tert-OH is 1. The van der Waals surface area contributed by atoms with Crippen LogP contribution in [0.15, 0.2) is 24.4 Å². The number of rotatable bonds is 8. The third kappa shape index (κ3) is 5.57. The van der Waals surface area contributed by atoms with Crippen LogP contribution < -0.4 is 5.32 Å². The van der Waals surface area contributed by atoms with Crippen molar-refractivity contribution in [2.24, 2.45) is 5.41 Å². The SMILES string of the molecule is COCCC1(CO)CCCN(CC(=O)NCc2ccccn2)C1. The van der Waals surface area contributed by atoms with E-state index in [9.17, 15) is 9.90 Å². The molecule has 1 saturated heterocycles. The summed E-state index contributed by atoms with van der Waals surface area (Å²) in [4.78, 5) is 18.5. The molecule has 1 aromatic rings. The van der Waals surface area contributed by atoms with E-state index >= 15 is 0 Å². The molecule has 1 fully saturated rings. The molecule has 1 amide bonds. The van der Waals surface area contributed by atoms with Crippen LogP contribution in [0.1, 0.15) is 25.0 Å². The molecule has 23 heavy (non-hydrogen) atoms. The van der Waals surface area contributed by atoms with Crippen LogP contribution in [0, 0.1) is 5.41 Å². The summed E-state index contributed by atoms with van der Waals surface area (Å²) in [5.41, 5.74) is 0.708. The Morgan fingerprint density at radius 1 is 1.52 bits per heavy atom. The lowest BCUT2D eigenvalue weighted by Crippen LogP contribution is -2.49. The van der Waals surface area contributed by atoms with Crippen LogP contribution >= 0.6 is 0 Å². The summed E-state index contributed by atoms with van der Waals surface area (Å²) in [5, 5.41) is 12.7. The Labute approximate surface area is 137 Å². The lowest BCUT2D eigenvalue weighted by molar-refractivity contribution is -0.123. The van der Waals surface area contributed by atoms with Crippen LogP contribution in [0.3, 0.4) is 0 Å². The van der Waals surface area contributed by atoms with Gasteiger partial charge in [-0.3, -0.25) is 14.7 Å². The zero-order chi connectivity index (χ0) is 16.5. The van der Waals surface area contributed by atoms with E-state index in [1.165, 1.54) is 0 Å². The molecule has 128 valence electrons. The van der Waals surface area contributed by atoms with Crippen molar-refractivity contribution in [2.75, 3.05) is 40.0 Å². The minimum Gasteiger partial charge on any atom is -0.396 e. The molecule has 0 spiro atoms. The number of amides is 1. The second-order valence-corrected chi connectivity index (χ2v) is 6.31. The summed E-state index contributed by atoms with van der Waals surface area (Å²) < 4.78 is 5.16. The molecule has 1 unspecified atom stereocenters. The van der Waals surface area contributed by atoms with Gasteiger partial charge in [-0.15, -0.1) is 0 Å². The Morgan fingerprint density at radius 3 is 3.09 bits per heavy atom. The maximum Gasteiger partial charge on any atom is 0.234 e. The third-order valence-corrected chi connectivity index (χ3v) is 4.47.